The molecule has 0 fully saturated rings. The number of carbonyl (C=O) groups excluding carboxylic acids is 1. The topological polar surface area (TPSA) is 44.8 Å². The van der Waals surface area contributed by atoms with Gasteiger partial charge in [0.25, 0.3) is 0 Å². The van der Waals surface area contributed by atoms with Gasteiger partial charge in [0.05, 0.1) is 17.2 Å². The van der Waals surface area contributed by atoms with Crippen molar-refractivity contribution in [1.29, 1.82) is 0 Å². The summed E-state index contributed by atoms with van der Waals surface area (Å²) >= 11 is 9.77. The Morgan fingerprint density at radius 1 is 1.09 bits per heavy atom. The predicted molar refractivity (Wildman–Crippen MR) is 130 cm³/mol. The maximum Gasteiger partial charge on any atom is 0.343 e. The second kappa shape index (κ2) is 9.63. The molecule has 0 unspecified atom stereocenters. The molecule has 0 bridgehead atoms. The van der Waals surface area contributed by atoms with Crippen LogP contribution in [0.15, 0.2) is 76.8 Å². The molecule has 6 heteroatoms. The van der Waals surface area contributed by atoms with Gasteiger partial charge < -0.3 is 14.2 Å². The first kappa shape index (κ1) is 22.2. The number of halogens is 2. The van der Waals surface area contributed by atoms with Gasteiger partial charge in [0.15, 0.2) is 11.5 Å². The molecule has 0 aliphatic carbocycles. The Morgan fingerprint density at radius 3 is 2.56 bits per heavy atom. The number of esters is 1. The summed E-state index contributed by atoms with van der Waals surface area (Å²) < 4.78 is 17.7. The number of methoxy groups -OCH3 is 1. The summed E-state index contributed by atoms with van der Waals surface area (Å²) in [7, 11) is 1.57. The van der Waals surface area contributed by atoms with Crippen LogP contribution in [-0.4, -0.2) is 13.1 Å². The summed E-state index contributed by atoms with van der Waals surface area (Å²) in [6.45, 7) is 2.31. The Hall–Kier alpha value is -3.02. The lowest BCUT2D eigenvalue weighted by molar-refractivity contribution is -0.130. The fourth-order valence-electron chi connectivity index (χ4n) is 3.26. The van der Waals surface area contributed by atoms with Crippen LogP contribution in [0.2, 0.25) is 5.02 Å². The van der Waals surface area contributed by atoms with Crippen molar-refractivity contribution in [3.05, 3.63) is 104 Å². The van der Waals surface area contributed by atoms with Crippen LogP contribution in [0.3, 0.4) is 0 Å². The molecule has 0 spiro atoms. The van der Waals surface area contributed by atoms with Crippen molar-refractivity contribution in [3.8, 4) is 11.5 Å². The molecule has 4 nitrogen and oxygen atoms in total. The van der Waals surface area contributed by atoms with Gasteiger partial charge in [-0.05, 0) is 58.8 Å². The molecular weight excluding hydrogens is 492 g/mol. The standard InChI is InChI=1S/C26H20BrClO4/c1-16-7-9-18(10-8-16)23-14-20(26(29)32-23)11-17-12-21(27)25(24(13-17)30-2)31-15-19-5-3-4-6-22(19)28/h3-14H,15H2,1-2H3/b20-11+. The zero-order valence-corrected chi connectivity index (χ0v) is 19.9. The van der Waals surface area contributed by atoms with Crippen LogP contribution in [0.25, 0.3) is 11.8 Å². The number of benzene rings is 3. The van der Waals surface area contributed by atoms with Gasteiger partial charge in [0, 0.05) is 16.1 Å². The summed E-state index contributed by atoms with van der Waals surface area (Å²) in [5, 5.41) is 0.639. The Morgan fingerprint density at radius 2 is 1.84 bits per heavy atom. The third kappa shape index (κ3) is 4.90. The van der Waals surface area contributed by atoms with Crippen molar-refractivity contribution in [2.24, 2.45) is 0 Å². The largest absolute Gasteiger partial charge is 0.493 e. The van der Waals surface area contributed by atoms with Crippen LogP contribution in [0, 0.1) is 6.92 Å². The first-order valence-corrected chi connectivity index (χ1v) is 11.1. The Kier molecular flexibility index (Phi) is 6.68. The monoisotopic (exact) mass is 510 g/mol. The van der Waals surface area contributed by atoms with Crippen molar-refractivity contribution in [1.82, 2.24) is 0 Å². The number of rotatable bonds is 6. The second-order valence-corrected chi connectivity index (χ2v) is 8.54. The highest BCUT2D eigenvalue weighted by molar-refractivity contribution is 9.10. The average molecular weight is 512 g/mol. The van der Waals surface area contributed by atoms with Crippen LogP contribution in [0.4, 0.5) is 0 Å². The molecule has 0 N–H and O–H groups in total. The highest BCUT2D eigenvalue weighted by Gasteiger charge is 2.22. The molecule has 0 saturated heterocycles. The molecule has 3 aromatic carbocycles. The Labute approximate surface area is 200 Å². The molecule has 0 atom stereocenters. The predicted octanol–water partition coefficient (Wildman–Crippen LogP) is 6.98. The van der Waals surface area contributed by atoms with Gasteiger partial charge in [0.2, 0.25) is 0 Å². The summed E-state index contributed by atoms with van der Waals surface area (Å²) in [4.78, 5) is 12.4. The van der Waals surface area contributed by atoms with E-state index >= 15 is 0 Å². The van der Waals surface area contributed by atoms with E-state index in [9.17, 15) is 4.79 Å². The minimum Gasteiger partial charge on any atom is -0.493 e. The molecular formula is C26H20BrClO4. The van der Waals surface area contributed by atoms with Crippen LogP contribution < -0.4 is 9.47 Å². The number of ether oxygens (including phenoxy) is 3. The van der Waals surface area contributed by atoms with Gasteiger partial charge in [-0.25, -0.2) is 4.79 Å². The summed E-state index contributed by atoms with van der Waals surface area (Å²) in [5.41, 5.74) is 4.10. The van der Waals surface area contributed by atoms with Crippen molar-refractivity contribution in [3.63, 3.8) is 0 Å². The molecule has 3 aromatic rings. The quantitative estimate of drug-likeness (QED) is 0.264. The minimum absolute atomic E-state index is 0.296. The zero-order chi connectivity index (χ0) is 22.7. The summed E-state index contributed by atoms with van der Waals surface area (Å²) in [5.74, 6) is 1.23. The number of hydrogen-bond donors (Lipinski definition) is 0. The number of aryl methyl sites for hydroxylation is 1. The smallest absolute Gasteiger partial charge is 0.343 e. The lowest BCUT2D eigenvalue weighted by atomic mass is 10.1. The zero-order valence-electron chi connectivity index (χ0n) is 17.5. The molecule has 32 heavy (non-hydrogen) atoms. The SMILES string of the molecule is COc1cc(/C=C2\C=C(c3ccc(C)cc3)OC2=O)cc(Br)c1OCc1ccccc1Cl. The van der Waals surface area contributed by atoms with E-state index in [1.165, 1.54) is 0 Å². The third-order valence-corrected chi connectivity index (χ3v) is 5.92. The average Bonchev–Trinajstić information content (AvgIpc) is 3.14. The first-order chi connectivity index (χ1) is 15.4. The van der Waals surface area contributed by atoms with Gasteiger partial charge in [0.1, 0.15) is 12.4 Å². The number of carbonyl (C=O) groups is 1. The minimum atomic E-state index is -0.394. The van der Waals surface area contributed by atoms with Crippen LogP contribution in [-0.2, 0) is 16.1 Å². The van der Waals surface area contributed by atoms with Crippen molar-refractivity contribution < 1.29 is 19.0 Å². The number of cyclic esters (lactones) is 1. The van der Waals surface area contributed by atoms with Crippen molar-refractivity contribution >= 4 is 45.3 Å². The molecule has 1 heterocycles. The van der Waals surface area contributed by atoms with E-state index in [0.29, 0.717) is 38.9 Å². The van der Waals surface area contributed by atoms with Crippen LogP contribution >= 0.6 is 27.5 Å². The van der Waals surface area contributed by atoms with E-state index < -0.39 is 5.97 Å². The molecule has 0 amide bonds. The number of hydrogen-bond acceptors (Lipinski definition) is 4. The summed E-state index contributed by atoms with van der Waals surface area (Å²) in [6.07, 6.45) is 3.50. The van der Waals surface area contributed by atoms with E-state index in [4.69, 9.17) is 25.8 Å². The lowest BCUT2D eigenvalue weighted by Crippen LogP contribution is -2.00. The van der Waals surface area contributed by atoms with E-state index in [-0.39, 0.29) is 0 Å². The lowest BCUT2D eigenvalue weighted by Gasteiger charge is -2.14. The second-order valence-electron chi connectivity index (χ2n) is 7.28. The highest BCUT2D eigenvalue weighted by atomic mass is 79.9. The van der Waals surface area contributed by atoms with Gasteiger partial charge >= 0.3 is 5.97 Å². The Bertz CT molecular complexity index is 1230. The first-order valence-electron chi connectivity index (χ1n) is 9.91. The van der Waals surface area contributed by atoms with Gasteiger partial charge in [-0.1, -0.05) is 59.6 Å². The fourth-order valence-corrected chi connectivity index (χ4v) is 4.02. The Balaban J connectivity index is 1.59. The van der Waals surface area contributed by atoms with E-state index in [0.717, 1.165) is 22.3 Å². The molecule has 1 aliphatic heterocycles. The molecule has 0 radical (unpaired) electrons. The van der Waals surface area contributed by atoms with E-state index in [1.54, 1.807) is 19.3 Å². The third-order valence-electron chi connectivity index (χ3n) is 4.96. The van der Waals surface area contributed by atoms with Gasteiger partial charge in [-0.15, -0.1) is 0 Å². The molecule has 0 aromatic heterocycles. The maximum absolute atomic E-state index is 12.4. The molecule has 0 saturated carbocycles. The van der Waals surface area contributed by atoms with Crippen molar-refractivity contribution in [2.75, 3.05) is 7.11 Å². The van der Waals surface area contributed by atoms with Crippen LogP contribution in [0.5, 0.6) is 11.5 Å². The van der Waals surface area contributed by atoms with E-state index in [1.807, 2.05) is 67.6 Å². The molecule has 162 valence electrons. The molecule has 4 rings (SSSR count). The van der Waals surface area contributed by atoms with E-state index in [2.05, 4.69) is 15.9 Å². The fraction of sp³-hybridized carbons (Fsp3) is 0.115. The maximum atomic E-state index is 12.4. The highest BCUT2D eigenvalue weighted by Crippen LogP contribution is 2.38. The molecule has 1 aliphatic rings. The summed E-state index contributed by atoms with van der Waals surface area (Å²) in [6, 6.07) is 19.0. The van der Waals surface area contributed by atoms with Crippen LogP contribution in [0.1, 0.15) is 22.3 Å². The normalized spacial score (nSPS) is 14.3. The van der Waals surface area contributed by atoms with Gasteiger partial charge in [-0.2, -0.15) is 0 Å². The van der Waals surface area contributed by atoms with Crippen molar-refractivity contribution in [2.45, 2.75) is 13.5 Å². The van der Waals surface area contributed by atoms with Gasteiger partial charge in [-0.3, -0.25) is 0 Å².